The van der Waals surface area contributed by atoms with Gasteiger partial charge in [-0.05, 0) is 43.7 Å². The van der Waals surface area contributed by atoms with Crippen molar-refractivity contribution in [2.75, 3.05) is 7.11 Å². The molecule has 2 nitrogen and oxygen atoms in total. The van der Waals surface area contributed by atoms with Gasteiger partial charge in [0.05, 0.1) is 12.6 Å². The minimum absolute atomic E-state index is 0.240. The van der Waals surface area contributed by atoms with Crippen molar-refractivity contribution >= 4 is 0 Å². The van der Waals surface area contributed by atoms with E-state index in [4.69, 9.17) is 4.74 Å². The zero-order valence-corrected chi connectivity index (χ0v) is 12.8. The smallest absolute Gasteiger partial charge is 0.118 e. The van der Waals surface area contributed by atoms with E-state index in [2.05, 4.69) is 43.1 Å². The first-order chi connectivity index (χ1) is 10.1. The Balaban J connectivity index is 1.98. The van der Waals surface area contributed by atoms with Gasteiger partial charge in [-0.2, -0.15) is 0 Å². The van der Waals surface area contributed by atoms with Crippen molar-refractivity contribution in [2.45, 2.75) is 25.9 Å². The molecule has 0 aliphatic rings. The molecule has 0 radical (unpaired) electrons. The summed E-state index contributed by atoms with van der Waals surface area (Å²) in [5, 5.41) is 3.47. The number of rotatable bonds is 4. The van der Waals surface area contributed by atoms with E-state index in [1.165, 1.54) is 5.56 Å². The topological polar surface area (TPSA) is 21.3 Å². The SMILES string of the molecule is COc1ccc(C#CC(C)(C)NCc2ccccc2)cc1. The minimum Gasteiger partial charge on any atom is -0.497 e. The van der Waals surface area contributed by atoms with Crippen molar-refractivity contribution in [3.8, 4) is 17.6 Å². The van der Waals surface area contributed by atoms with Crippen molar-refractivity contribution in [1.82, 2.24) is 5.32 Å². The van der Waals surface area contributed by atoms with Crippen LogP contribution in [0.4, 0.5) is 0 Å². The average Bonchev–Trinajstić information content (AvgIpc) is 2.53. The fourth-order valence-electron chi connectivity index (χ4n) is 1.87. The highest BCUT2D eigenvalue weighted by Gasteiger charge is 2.12. The molecule has 0 atom stereocenters. The van der Waals surface area contributed by atoms with Crippen LogP contribution < -0.4 is 10.1 Å². The third-order valence-corrected chi connectivity index (χ3v) is 3.19. The van der Waals surface area contributed by atoms with Gasteiger partial charge in [0.15, 0.2) is 0 Å². The summed E-state index contributed by atoms with van der Waals surface area (Å²) in [5.41, 5.74) is 2.01. The molecule has 0 bridgehead atoms. The van der Waals surface area contributed by atoms with Crippen LogP contribution >= 0.6 is 0 Å². The van der Waals surface area contributed by atoms with E-state index >= 15 is 0 Å². The summed E-state index contributed by atoms with van der Waals surface area (Å²) >= 11 is 0. The molecule has 2 aromatic carbocycles. The number of hydrogen-bond donors (Lipinski definition) is 1. The molecule has 2 rings (SSSR count). The number of benzene rings is 2. The molecular weight excluding hydrogens is 258 g/mol. The van der Waals surface area contributed by atoms with Gasteiger partial charge in [0.25, 0.3) is 0 Å². The predicted octanol–water partition coefficient (Wildman–Crippen LogP) is 3.62. The number of ether oxygens (including phenoxy) is 1. The first kappa shape index (κ1) is 15.2. The lowest BCUT2D eigenvalue weighted by atomic mass is 10.0. The van der Waals surface area contributed by atoms with Gasteiger partial charge in [-0.15, -0.1) is 0 Å². The van der Waals surface area contributed by atoms with Crippen molar-refractivity contribution < 1.29 is 4.74 Å². The summed E-state index contributed by atoms with van der Waals surface area (Å²) in [4.78, 5) is 0. The highest BCUT2D eigenvalue weighted by Crippen LogP contribution is 2.11. The average molecular weight is 279 g/mol. The standard InChI is InChI=1S/C19H21NO/c1-19(2,20-15-17-7-5-4-6-8-17)14-13-16-9-11-18(21-3)12-10-16/h4-12,20H,15H2,1-3H3. The van der Waals surface area contributed by atoms with E-state index in [0.29, 0.717) is 0 Å². The van der Waals surface area contributed by atoms with Crippen LogP contribution in [-0.2, 0) is 6.54 Å². The fraction of sp³-hybridized carbons (Fsp3) is 0.263. The van der Waals surface area contributed by atoms with Crippen LogP contribution in [0.3, 0.4) is 0 Å². The Morgan fingerprint density at radius 1 is 1.00 bits per heavy atom. The Labute approximate surface area is 127 Å². The van der Waals surface area contributed by atoms with Gasteiger partial charge in [0, 0.05) is 12.1 Å². The van der Waals surface area contributed by atoms with Gasteiger partial charge >= 0.3 is 0 Å². The fourth-order valence-corrected chi connectivity index (χ4v) is 1.87. The molecule has 0 heterocycles. The van der Waals surface area contributed by atoms with Gasteiger partial charge < -0.3 is 4.74 Å². The summed E-state index contributed by atoms with van der Waals surface area (Å²) in [6.45, 7) is 4.99. The molecule has 0 saturated heterocycles. The molecular formula is C19H21NO. The molecule has 21 heavy (non-hydrogen) atoms. The molecule has 0 aliphatic carbocycles. The van der Waals surface area contributed by atoms with Crippen LogP contribution in [-0.4, -0.2) is 12.6 Å². The quantitative estimate of drug-likeness (QED) is 0.863. The Morgan fingerprint density at radius 2 is 1.67 bits per heavy atom. The highest BCUT2D eigenvalue weighted by molar-refractivity contribution is 5.39. The van der Waals surface area contributed by atoms with Gasteiger partial charge in [0.1, 0.15) is 5.75 Å². The maximum atomic E-state index is 5.14. The Morgan fingerprint density at radius 3 is 2.29 bits per heavy atom. The Hall–Kier alpha value is -2.24. The lowest BCUT2D eigenvalue weighted by molar-refractivity contribution is 0.415. The predicted molar refractivity (Wildman–Crippen MR) is 87.2 cm³/mol. The van der Waals surface area contributed by atoms with Crippen molar-refractivity contribution in [1.29, 1.82) is 0 Å². The first-order valence-corrected chi connectivity index (χ1v) is 7.05. The molecule has 108 valence electrons. The van der Waals surface area contributed by atoms with Crippen molar-refractivity contribution in [3.05, 3.63) is 65.7 Å². The molecule has 0 spiro atoms. The van der Waals surface area contributed by atoms with E-state index in [0.717, 1.165) is 17.9 Å². The van der Waals surface area contributed by atoms with Crippen LogP contribution in [0, 0.1) is 11.8 Å². The van der Waals surface area contributed by atoms with Gasteiger partial charge in [-0.1, -0.05) is 42.2 Å². The largest absolute Gasteiger partial charge is 0.497 e. The van der Waals surface area contributed by atoms with E-state index in [9.17, 15) is 0 Å². The normalized spacial score (nSPS) is 10.6. The summed E-state index contributed by atoms with van der Waals surface area (Å²) in [6, 6.07) is 18.1. The van der Waals surface area contributed by atoms with Gasteiger partial charge in [-0.25, -0.2) is 0 Å². The first-order valence-electron chi connectivity index (χ1n) is 7.05. The second-order valence-electron chi connectivity index (χ2n) is 5.44. The van der Waals surface area contributed by atoms with Crippen LogP contribution in [0.5, 0.6) is 5.75 Å². The second kappa shape index (κ2) is 6.97. The maximum Gasteiger partial charge on any atom is 0.118 e. The third-order valence-electron chi connectivity index (χ3n) is 3.19. The monoisotopic (exact) mass is 279 g/mol. The molecule has 0 saturated carbocycles. The zero-order valence-electron chi connectivity index (χ0n) is 12.8. The maximum absolute atomic E-state index is 5.14. The van der Waals surface area contributed by atoms with Gasteiger partial charge in [0.2, 0.25) is 0 Å². The number of methoxy groups -OCH3 is 1. The van der Waals surface area contributed by atoms with Crippen LogP contribution in [0.1, 0.15) is 25.0 Å². The zero-order chi connectivity index (χ0) is 15.1. The lowest BCUT2D eigenvalue weighted by Gasteiger charge is -2.19. The van der Waals surface area contributed by atoms with Crippen LogP contribution in [0.2, 0.25) is 0 Å². The second-order valence-corrected chi connectivity index (χ2v) is 5.44. The Kier molecular flexibility index (Phi) is 5.03. The lowest BCUT2D eigenvalue weighted by Crippen LogP contribution is -2.37. The Bertz CT molecular complexity index is 618. The van der Waals surface area contributed by atoms with E-state index in [1.807, 2.05) is 42.5 Å². The van der Waals surface area contributed by atoms with Crippen LogP contribution in [0.15, 0.2) is 54.6 Å². The molecule has 2 heteroatoms. The molecule has 2 aromatic rings. The molecule has 0 aromatic heterocycles. The third kappa shape index (κ3) is 4.98. The molecule has 0 fully saturated rings. The number of hydrogen-bond acceptors (Lipinski definition) is 2. The molecule has 1 N–H and O–H groups in total. The molecule has 0 amide bonds. The molecule has 0 unspecified atom stereocenters. The van der Waals surface area contributed by atoms with Crippen molar-refractivity contribution in [2.24, 2.45) is 0 Å². The number of nitrogens with one attached hydrogen (secondary N) is 1. The highest BCUT2D eigenvalue weighted by atomic mass is 16.5. The summed E-state index contributed by atoms with van der Waals surface area (Å²) in [6.07, 6.45) is 0. The molecule has 0 aliphatic heterocycles. The summed E-state index contributed by atoms with van der Waals surface area (Å²) in [7, 11) is 1.66. The summed E-state index contributed by atoms with van der Waals surface area (Å²) < 4.78 is 5.14. The van der Waals surface area contributed by atoms with Crippen LogP contribution in [0.25, 0.3) is 0 Å². The van der Waals surface area contributed by atoms with Crippen molar-refractivity contribution in [3.63, 3.8) is 0 Å². The van der Waals surface area contributed by atoms with E-state index in [-0.39, 0.29) is 5.54 Å². The van der Waals surface area contributed by atoms with Gasteiger partial charge in [-0.3, -0.25) is 5.32 Å². The van der Waals surface area contributed by atoms with E-state index in [1.54, 1.807) is 7.11 Å². The minimum atomic E-state index is -0.240. The van der Waals surface area contributed by atoms with E-state index < -0.39 is 0 Å². The summed E-state index contributed by atoms with van der Waals surface area (Å²) in [5.74, 6) is 7.33.